The summed E-state index contributed by atoms with van der Waals surface area (Å²) in [6.45, 7) is 5.43. The molecule has 0 aromatic heterocycles. The van der Waals surface area contributed by atoms with Crippen LogP contribution in [0.3, 0.4) is 0 Å². The summed E-state index contributed by atoms with van der Waals surface area (Å²) in [7, 11) is 0. The zero-order chi connectivity index (χ0) is 13.2. The number of carbonyl (C=O) groups is 2. The first-order chi connectivity index (χ1) is 7.70. The Morgan fingerprint density at radius 2 is 2.00 bits per heavy atom. The average molecular weight is 245 g/mol. The van der Waals surface area contributed by atoms with Crippen molar-refractivity contribution in [1.82, 2.24) is 5.32 Å². The number of aliphatic hydroxyl groups is 1. The highest BCUT2D eigenvalue weighted by Crippen LogP contribution is 2.19. The first-order valence-corrected chi connectivity index (χ1v) is 5.57. The number of nitrogens with one attached hydrogen (secondary N) is 1. The van der Waals surface area contributed by atoms with Crippen LogP contribution in [0.4, 0.5) is 0 Å². The highest BCUT2D eigenvalue weighted by atomic mass is 16.6. The van der Waals surface area contributed by atoms with Gasteiger partial charge in [0.25, 0.3) is 0 Å². The molecule has 98 valence electrons. The Labute approximate surface area is 100.0 Å². The molecule has 1 aliphatic rings. The first kappa shape index (κ1) is 13.9. The van der Waals surface area contributed by atoms with Gasteiger partial charge in [-0.3, -0.25) is 9.59 Å². The predicted molar refractivity (Wildman–Crippen MR) is 59.4 cm³/mol. The fourth-order valence-corrected chi connectivity index (χ4v) is 1.79. The molecule has 0 spiro atoms. The molecule has 1 aliphatic heterocycles. The Kier molecular flexibility index (Phi) is 4.11. The number of carboxylic acids is 1. The van der Waals surface area contributed by atoms with E-state index < -0.39 is 35.6 Å². The number of aliphatic carboxylic acids is 1. The second kappa shape index (κ2) is 5.01. The van der Waals surface area contributed by atoms with E-state index in [1.807, 2.05) is 0 Å². The molecule has 2 unspecified atom stereocenters. The van der Waals surface area contributed by atoms with Gasteiger partial charge in [0, 0.05) is 12.6 Å². The lowest BCUT2D eigenvalue weighted by atomic mass is 10.0. The molecular formula is C11H19NO5. The fourth-order valence-electron chi connectivity index (χ4n) is 1.79. The number of aliphatic hydroxyl groups excluding tert-OH is 1. The predicted octanol–water partition coefficient (Wildman–Crippen LogP) is -0.248. The summed E-state index contributed by atoms with van der Waals surface area (Å²) in [5.41, 5.74) is -0.577. The van der Waals surface area contributed by atoms with Crippen LogP contribution in [-0.2, 0) is 14.3 Å². The van der Waals surface area contributed by atoms with Crippen LogP contribution in [0.15, 0.2) is 0 Å². The van der Waals surface area contributed by atoms with Gasteiger partial charge in [-0.15, -0.1) is 0 Å². The van der Waals surface area contributed by atoms with Crippen LogP contribution >= 0.6 is 0 Å². The maximum absolute atomic E-state index is 11.5. The van der Waals surface area contributed by atoms with Gasteiger partial charge in [0.05, 0.1) is 18.4 Å². The maximum Gasteiger partial charge on any atom is 0.310 e. The van der Waals surface area contributed by atoms with Crippen LogP contribution in [-0.4, -0.2) is 46.4 Å². The maximum atomic E-state index is 11.5. The molecule has 1 heterocycles. The summed E-state index contributed by atoms with van der Waals surface area (Å²) in [6, 6.07) is -0.550. The summed E-state index contributed by atoms with van der Waals surface area (Å²) in [5.74, 6) is -2.36. The van der Waals surface area contributed by atoms with Crippen LogP contribution in [0.25, 0.3) is 0 Å². The Morgan fingerprint density at radius 3 is 2.41 bits per heavy atom. The van der Waals surface area contributed by atoms with Crippen molar-refractivity contribution in [3.8, 4) is 0 Å². The largest absolute Gasteiger partial charge is 0.481 e. The van der Waals surface area contributed by atoms with Gasteiger partial charge >= 0.3 is 11.9 Å². The number of hydrogen-bond donors (Lipinski definition) is 3. The van der Waals surface area contributed by atoms with Crippen LogP contribution < -0.4 is 5.32 Å². The molecule has 1 rings (SSSR count). The molecule has 0 aromatic rings. The van der Waals surface area contributed by atoms with E-state index in [1.165, 1.54) is 0 Å². The van der Waals surface area contributed by atoms with Crippen LogP contribution in [0, 0.1) is 5.92 Å². The molecule has 6 nitrogen and oxygen atoms in total. The second-order valence-electron chi connectivity index (χ2n) is 5.24. The SMILES string of the molecule is CC(C)(C)OC(=O)CC1NCC(C(=O)O)[C@H]1O. The van der Waals surface area contributed by atoms with Crippen molar-refractivity contribution >= 4 is 11.9 Å². The van der Waals surface area contributed by atoms with Gasteiger partial charge in [-0.25, -0.2) is 0 Å². The number of esters is 1. The quantitative estimate of drug-likeness (QED) is 0.593. The summed E-state index contributed by atoms with van der Waals surface area (Å²) in [4.78, 5) is 22.3. The Morgan fingerprint density at radius 1 is 1.41 bits per heavy atom. The zero-order valence-corrected chi connectivity index (χ0v) is 10.3. The monoisotopic (exact) mass is 245 g/mol. The van der Waals surface area contributed by atoms with E-state index in [0.717, 1.165) is 0 Å². The molecule has 0 saturated carbocycles. The van der Waals surface area contributed by atoms with Gasteiger partial charge in [-0.05, 0) is 20.8 Å². The van der Waals surface area contributed by atoms with Crippen LogP contribution in [0.1, 0.15) is 27.2 Å². The van der Waals surface area contributed by atoms with E-state index >= 15 is 0 Å². The highest BCUT2D eigenvalue weighted by Gasteiger charge is 2.40. The second-order valence-corrected chi connectivity index (χ2v) is 5.24. The third-order valence-corrected chi connectivity index (χ3v) is 2.55. The third-order valence-electron chi connectivity index (χ3n) is 2.55. The first-order valence-electron chi connectivity index (χ1n) is 5.57. The van der Waals surface area contributed by atoms with Gasteiger partial charge in [0.2, 0.25) is 0 Å². The Bertz CT molecular complexity index is 309. The van der Waals surface area contributed by atoms with Crippen molar-refractivity contribution < 1.29 is 24.5 Å². The van der Waals surface area contributed by atoms with E-state index in [0.29, 0.717) is 0 Å². The molecule has 3 atom stereocenters. The smallest absolute Gasteiger partial charge is 0.310 e. The minimum absolute atomic E-state index is 0.0256. The number of rotatable bonds is 3. The highest BCUT2D eigenvalue weighted by molar-refractivity contribution is 5.73. The van der Waals surface area contributed by atoms with Gasteiger partial charge in [-0.2, -0.15) is 0 Å². The molecular weight excluding hydrogens is 226 g/mol. The fraction of sp³-hybridized carbons (Fsp3) is 0.818. The molecule has 0 aliphatic carbocycles. The van der Waals surface area contributed by atoms with Crippen molar-refractivity contribution in [2.75, 3.05) is 6.54 Å². The minimum atomic E-state index is -1.06. The van der Waals surface area contributed by atoms with Crippen molar-refractivity contribution in [1.29, 1.82) is 0 Å². The minimum Gasteiger partial charge on any atom is -0.481 e. The lowest BCUT2D eigenvalue weighted by molar-refractivity contribution is -0.156. The molecule has 1 fully saturated rings. The lowest BCUT2D eigenvalue weighted by Gasteiger charge is -2.22. The van der Waals surface area contributed by atoms with E-state index in [4.69, 9.17) is 9.84 Å². The Balaban J connectivity index is 2.49. The third kappa shape index (κ3) is 3.98. The summed E-state index contributed by atoms with van der Waals surface area (Å²) >= 11 is 0. The number of carboxylic acid groups (broad SMARTS) is 1. The molecule has 17 heavy (non-hydrogen) atoms. The van der Waals surface area contributed by atoms with Crippen LogP contribution in [0.5, 0.6) is 0 Å². The number of ether oxygens (including phenoxy) is 1. The van der Waals surface area contributed by atoms with E-state index in [1.54, 1.807) is 20.8 Å². The summed E-state index contributed by atoms with van der Waals surface area (Å²) in [5, 5.41) is 21.3. The molecule has 0 aromatic carbocycles. The van der Waals surface area contributed by atoms with Crippen molar-refractivity contribution in [2.24, 2.45) is 5.92 Å². The van der Waals surface area contributed by atoms with Crippen molar-refractivity contribution in [3.05, 3.63) is 0 Å². The van der Waals surface area contributed by atoms with Gasteiger partial charge in [0.1, 0.15) is 5.60 Å². The molecule has 0 amide bonds. The molecule has 0 radical (unpaired) electrons. The Hall–Kier alpha value is -1.14. The van der Waals surface area contributed by atoms with Crippen LogP contribution in [0.2, 0.25) is 0 Å². The molecule has 0 bridgehead atoms. The van der Waals surface area contributed by atoms with Crippen molar-refractivity contribution in [2.45, 2.75) is 44.9 Å². The van der Waals surface area contributed by atoms with E-state index in [9.17, 15) is 14.7 Å². The molecule has 3 N–H and O–H groups in total. The number of carbonyl (C=O) groups excluding carboxylic acids is 1. The average Bonchev–Trinajstić information content (AvgIpc) is 2.44. The molecule has 1 saturated heterocycles. The topological polar surface area (TPSA) is 95.9 Å². The lowest BCUT2D eigenvalue weighted by Crippen LogP contribution is -2.37. The summed E-state index contributed by atoms with van der Waals surface area (Å²) < 4.78 is 5.11. The molecule has 6 heteroatoms. The van der Waals surface area contributed by atoms with Gasteiger partial charge < -0.3 is 20.3 Å². The standard InChI is InChI=1S/C11H19NO5/c1-11(2,3)17-8(13)4-7-9(14)6(5-12-7)10(15)16/h6-7,9,12,14H,4-5H2,1-3H3,(H,15,16)/t6?,7?,9-/m1/s1. The summed E-state index contributed by atoms with van der Waals surface area (Å²) in [6.07, 6.45) is -1.08. The van der Waals surface area contributed by atoms with Gasteiger partial charge in [-0.1, -0.05) is 0 Å². The van der Waals surface area contributed by atoms with E-state index in [-0.39, 0.29) is 13.0 Å². The van der Waals surface area contributed by atoms with E-state index in [2.05, 4.69) is 5.32 Å². The number of hydrogen-bond acceptors (Lipinski definition) is 5. The normalized spacial score (nSPS) is 29.1. The van der Waals surface area contributed by atoms with Crippen molar-refractivity contribution in [3.63, 3.8) is 0 Å². The van der Waals surface area contributed by atoms with Gasteiger partial charge in [0.15, 0.2) is 0 Å². The zero-order valence-electron chi connectivity index (χ0n) is 10.3.